The number of ether oxygens (including phenoxy) is 1. The summed E-state index contributed by atoms with van der Waals surface area (Å²) >= 11 is 0. The third kappa shape index (κ3) is 3.59. The van der Waals surface area contributed by atoms with Crippen LogP contribution in [0.5, 0.6) is 5.75 Å². The quantitative estimate of drug-likeness (QED) is 0.914. The van der Waals surface area contributed by atoms with Crippen molar-refractivity contribution < 1.29 is 9.13 Å². The van der Waals surface area contributed by atoms with E-state index in [1.54, 1.807) is 13.2 Å². The predicted molar refractivity (Wildman–Crippen MR) is 80.5 cm³/mol. The number of hydrogen-bond donors (Lipinski definition) is 1. The molecule has 0 atom stereocenters. The van der Waals surface area contributed by atoms with E-state index in [4.69, 9.17) is 10.00 Å². The minimum Gasteiger partial charge on any atom is -0.497 e. The van der Waals surface area contributed by atoms with Gasteiger partial charge < -0.3 is 10.1 Å². The lowest BCUT2D eigenvalue weighted by Crippen LogP contribution is -2.12. The monoisotopic (exact) mass is 284 g/mol. The maximum Gasteiger partial charge on any atom is 0.125 e. The second-order valence-electron chi connectivity index (χ2n) is 4.64. The highest BCUT2D eigenvalue weighted by molar-refractivity contribution is 5.70. The van der Waals surface area contributed by atoms with Crippen LogP contribution >= 0.6 is 0 Å². The van der Waals surface area contributed by atoms with Gasteiger partial charge in [-0.3, -0.25) is 0 Å². The van der Waals surface area contributed by atoms with Gasteiger partial charge in [0.2, 0.25) is 0 Å². The van der Waals surface area contributed by atoms with E-state index in [9.17, 15) is 4.39 Å². The maximum atomic E-state index is 13.6. The lowest BCUT2D eigenvalue weighted by atomic mass is 9.97. The molecule has 21 heavy (non-hydrogen) atoms. The topological polar surface area (TPSA) is 45.0 Å². The van der Waals surface area contributed by atoms with Crippen molar-refractivity contribution in [2.24, 2.45) is 0 Å². The number of nitrogens with zero attached hydrogens (tertiary/aromatic N) is 1. The van der Waals surface area contributed by atoms with Gasteiger partial charge in [0, 0.05) is 6.54 Å². The molecule has 0 spiro atoms. The minimum atomic E-state index is -0.408. The van der Waals surface area contributed by atoms with Crippen LogP contribution in [-0.4, -0.2) is 13.7 Å². The van der Waals surface area contributed by atoms with Gasteiger partial charge in [-0.25, -0.2) is 4.39 Å². The van der Waals surface area contributed by atoms with Gasteiger partial charge in [-0.05, 0) is 53.6 Å². The normalized spacial score (nSPS) is 10.2. The summed E-state index contributed by atoms with van der Waals surface area (Å²) in [7, 11) is 1.61. The highest BCUT2D eigenvalue weighted by atomic mass is 19.1. The number of nitriles is 1. The third-order valence-corrected chi connectivity index (χ3v) is 3.22. The van der Waals surface area contributed by atoms with E-state index in [1.165, 1.54) is 12.1 Å². The zero-order valence-corrected chi connectivity index (χ0v) is 12.1. The molecule has 108 valence electrons. The molecule has 1 N–H and O–H groups in total. The summed E-state index contributed by atoms with van der Waals surface area (Å²) in [6, 6.07) is 12.0. The standard InChI is InChI=1S/C17H17FN2O/c1-3-20-11-14-9-16(21-2)4-5-17(14)13-6-12(10-19)7-15(18)8-13/h4-9,20H,3,11H2,1-2H3. The van der Waals surface area contributed by atoms with Gasteiger partial charge in [0.05, 0.1) is 18.7 Å². The molecule has 0 bridgehead atoms. The summed E-state index contributed by atoms with van der Waals surface area (Å²) in [5.74, 6) is 0.345. The molecule has 0 fully saturated rings. The molecule has 0 amide bonds. The van der Waals surface area contributed by atoms with Crippen molar-refractivity contribution >= 4 is 0 Å². The van der Waals surface area contributed by atoms with E-state index in [0.717, 1.165) is 23.4 Å². The van der Waals surface area contributed by atoms with Crippen molar-refractivity contribution in [1.82, 2.24) is 5.32 Å². The molecule has 0 aliphatic rings. The van der Waals surface area contributed by atoms with Crippen LogP contribution in [0.3, 0.4) is 0 Å². The van der Waals surface area contributed by atoms with Gasteiger partial charge >= 0.3 is 0 Å². The van der Waals surface area contributed by atoms with E-state index < -0.39 is 5.82 Å². The summed E-state index contributed by atoms with van der Waals surface area (Å²) in [6.07, 6.45) is 0. The molecule has 0 saturated heterocycles. The second-order valence-corrected chi connectivity index (χ2v) is 4.64. The second kappa shape index (κ2) is 6.87. The Labute approximate surface area is 124 Å². The molecule has 2 rings (SSSR count). The number of hydrogen-bond acceptors (Lipinski definition) is 3. The largest absolute Gasteiger partial charge is 0.497 e. The molecule has 4 heteroatoms. The smallest absolute Gasteiger partial charge is 0.125 e. The van der Waals surface area contributed by atoms with Crippen LogP contribution in [0, 0.1) is 17.1 Å². The highest BCUT2D eigenvalue weighted by Gasteiger charge is 2.09. The van der Waals surface area contributed by atoms with Crippen molar-refractivity contribution in [3.63, 3.8) is 0 Å². The summed E-state index contributed by atoms with van der Waals surface area (Å²) in [4.78, 5) is 0. The maximum absolute atomic E-state index is 13.6. The van der Waals surface area contributed by atoms with E-state index >= 15 is 0 Å². The van der Waals surface area contributed by atoms with Crippen LogP contribution in [0.25, 0.3) is 11.1 Å². The summed E-state index contributed by atoms with van der Waals surface area (Å²) in [6.45, 7) is 3.51. The number of methoxy groups -OCH3 is 1. The molecule has 0 aliphatic carbocycles. The SMILES string of the molecule is CCNCc1cc(OC)ccc1-c1cc(F)cc(C#N)c1. The zero-order valence-electron chi connectivity index (χ0n) is 12.1. The van der Waals surface area contributed by atoms with Crippen LogP contribution < -0.4 is 10.1 Å². The predicted octanol–water partition coefficient (Wildman–Crippen LogP) is 3.48. The van der Waals surface area contributed by atoms with Crippen LogP contribution in [0.1, 0.15) is 18.1 Å². The van der Waals surface area contributed by atoms with Gasteiger partial charge in [-0.1, -0.05) is 13.0 Å². The molecule has 2 aromatic rings. The fourth-order valence-electron chi connectivity index (χ4n) is 2.19. The van der Waals surface area contributed by atoms with Crippen LogP contribution in [0.2, 0.25) is 0 Å². The lowest BCUT2D eigenvalue weighted by molar-refractivity contribution is 0.414. The van der Waals surface area contributed by atoms with Crippen molar-refractivity contribution in [1.29, 1.82) is 5.26 Å². The molecule has 0 heterocycles. The Bertz CT molecular complexity index is 677. The molecule has 0 unspecified atom stereocenters. The number of halogens is 1. The van der Waals surface area contributed by atoms with Gasteiger partial charge in [-0.15, -0.1) is 0 Å². The Hall–Kier alpha value is -2.38. The van der Waals surface area contributed by atoms with Crippen molar-refractivity contribution in [2.45, 2.75) is 13.5 Å². The molecule has 3 nitrogen and oxygen atoms in total. The Morgan fingerprint density at radius 3 is 2.71 bits per heavy atom. The van der Waals surface area contributed by atoms with E-state index in [-0.39, 0.29) is 0 Å². The molecule has 0 aliphatic heterocycles. The fraction of sp³-hybridized carbons (Fsp3) is 0.235. The van der Waals surface area contributed by atoms with E-state index in [1.807, 2.05) is 31.2 Å². The molecule has 0 radical (unpaired) electrons. The Kier molecular flexibility index (Phi) is 4.91. The molecular formula is C17H17FN2O. The average molecular weight is 284 g/mol. The first-order chi connectivity index (χ1) is 10.2. The van der Waals surface area contributed by atoms with Crippen molar-refractivity contribution in [3.8, 4) is 22.9 Å². The van der Waals surface area contributed by atoms with Crippen LogP contribution in [0.4, 0.5) is 4.39 Å². The van der Waals surface area contributed by atoms with Crippen LogP contribution in [-0.2, 0) is 6.54 Å². The van der Waals surface area contributed by atoms with Gasteiger partial charge in [0.15, 0.2) is 0 Å². The number of rotatable bonds is 5. The zero-order chi connectivity index (χ0) is 15.2. The first-order valence-electron chi connectivity index (χ1n) is 6.76. The third-order valence-electron chi connectivity index (χ3n) is 3.22. The van der Waals surface area contributed by atoms with E-state index in [0.29, 0.717) is 17.7 Å². The average Bonchev–Trinajstić information content (AvgIpc) is 2.51. The summed E-state index contributed by atoms with van der Waals surface area (Å²) in [5.41, 5.74) is 2.91. The molecule has 0 aromatic heterocycles. The van der Waals surface area contributed by atoms with Crippen molar-refractivity contribution in [2.75, 3.05) is 13.7 Å². The molecule has 0 saturated carbocycles. The fourth-order valence-corrected chi connectivity index (χ4v) is 2.19. The van der Waals surface area contributed by atoms with Gasteiger partial charge in [0.1, 0.15) is 11.6 Å². The van der Waals surface area contributed by atoms with E-state index in [2.05, 4.69) is 5.32 Å². The van der Waals surface area contributed by atoms with Gasteiger partial charge in [-0.2, -0.15) is 5.26 Å². The first-order valence-corrected chi connectivity index (χ1v) is 6.76. The van der Waals surface area contributed by atoms with Gasteiger partial charge in [0.25, 0.3) is 0 Å². The minimum absolute atomic E-state index is 0.315. The Morgan fingerprint density at radius 1 is 1.24 bits per heavy atom. The number of nitrogens with one attached hydrogen (secondary N) is 1. The first kappa shape index (κ1) is 15.0. The Balaban J connectivity index is 2.51. The summed E-state index contributed by atoms with van der Waals surface area (Å²) in [5, 5.41) is 12.2. The lowest BCUT2D eigenvalue weighted by Gasteiger charge is -2.12. The van der Waals surface area contributed by atoms with Crippen LogP contribution in [0.15, 0.2) is 36.4 Å². The highest BCUT2D eigenvalue weighted by Crippen LogP contribution is 2.28. The Morgan fingerprint density at radius 2 is 2.05 bits per heavy atom. The molecule has 2 aromatic carbocycles. The molecular weight excluding hydrogens is 267 g/mol. The summed E-state index contributed by atoms with van der Waals surface area (Å²) < 4.78 is 18.9. The number of benzene rings is 2. The van der Waals surface area contributed by atoms with Crippen molar-refractivity contribution in [3.05, 3.63) is 53.3 Å².